The van der Waals surface area contributed by atoms with Gasteiger partial charge in [0, 0.05) is 18.8 Å². The second-order valence-electron chi connectivity index (χ2n) is 4.05. The van der Waals surface area contributed by atoms with Gasteiger partial charge in [0.15, 0.2) is 10.9 Å². The Morgan fingerprint density at radius 2 is 1.76 bits per heavy atom. The maximum Gasteiger partial charge on any atom is 0.198 e. The summed E-state index contributed by atoms with van der Waals surface area (Å²) in [5.74, 6) is 1.15. The predicted octanol–water partition coefficient (Wildman–Crippen LogP) is 0.770. The number of rotatable bonds is 1. The molecular weight excluding hydrogens is 238 g/mol. The summed E-state index contributed by atoms with van der Waals surface area (Å²) < 4.78 is 17.6. The van der Waals surface area contributed by atoms with Gasteiger partial charge in [0.25, 0.3) is 0 Å². The van der Waals surface area contributed by atoms with Crippen LogP contribution in [0.15, 0.2) is 12.1 Å². The monoisotopic (exact) mass is 257 g/mol. The first-order chi connectivity index (χ1) is 8.00. The van der Waals surface area contributed by atoms with Crippen LogP contribution in [0.4, 0.5) is 5.82 Å². The molecule has 1 aromatic rings. The van der Waals surface area contributed by atoms with Crippen LogP contribution in [0.5, 0.6) is 0 Å². The van der Waals surface area contributed by atoms with Crippen molar-refractivity contribution in [3.8, 4) is 0 Å². The fraction of sp³-hybridized carbons (Fsp3) is 0.545. The van der Waals surface area contributed by atoms with Crippen LogP contribution in [0, 0.1) is 13.8 Å². The Balaban J connectivity index is 0.000000317. The molecule has 5 nitrogen and oxygen atoms in total. The fourth-order valence-corrected chi connectivity index (χ4v) is 1.74. The van der Waals surface area contributed by atoms with Crippen molar-refractivity contribution in [1.29, 1.82) is 0 Å². The Morgan fingerprint density at radius 3 is 2.24 bits per heavy atom. The van der Waals surface area contributed by atoms with Gasteiger partial charge in [-0.05, 0) is 38.3 Å². The SMILES string of the molecule is Cc1ccc(N2CCCC2)nc1C.N[SH](=O)=O. The highest BCUT2D eigenvalue weighted by molar-refractivity contribution is 7.69. The van der Waals surface area contributed by atoms with E-state index in [9.17, 15) is 0 Å². The summed E-state index contributed by atoms with van der Waals surface area (Å²) in [6.45, 7) is 6.54. The van der Waals surface area contributed by atoms with Gasteiger partial charge in [-0.15, -0.1) is 0 Å². The Labute approximate surface area is 104 Å². The average molecular weight is 257 g/mol. The summed E-state index contributed by atoms with van der Waals surface area (Å²) in [6.07, 6.45) is 2.63. The maximum absolute atomic E-state index is 8.81. The largest absolute Gasteiger partial charge is 0.357 e. The number of pyridine rings is 1. The van der Waals surface area contributed by atoms with Gasteiger partial charge < -0.3 is 4.90 Å². The van der Waals surface area contributed by atoms with Crippen LogP contribution in [0.2, 0.25) is 0 Å². The molecule has 1 aromatic heterocycles. The second-order valence-corrected chi connectivity index (χ2v) is 4.62. The molecule has 0 radical (unpaired) electrons. The second kappa shape index (κ2) is 6.56. The van der Waals surface area contributed by atoms with Crippen LogP contribution in [0.3, 0.4) is 0 Å². The lowest BCUT2D eigenvalue weighted by Crippen LogP contribution is -2.19. The van der Waals surface area contributed by atoms with Gasteiger partial charge in [-0.25, -0.2) is 18.5 Å². The average Bonchev–Trinajstić information content (AvgIpc) is 2.74. The van der Waals surface area contributed by atoms with E-state index in [-0.39, 0.29) is 0 Å². The van der Waals surface area contributed by atoms with Gasteiger partial charge in [0.05, 0.1) is 0 Å². The summed E-state index contributed by atoms with van der Waals surface area (Å²) in [4.78, 5) is 6.95. The summed E-state index contributed by atoms with van der Waals surface area (Å²) in [6, 6.07) is 4.30. The lowest BCUT2D eigenvalue weighted by Gasteiger charge is -2.16. The summed E-state index contributed by atoms with van der Waals surface area (Å²) in [5, 5.41) is 4.06. The molecule has 1 fully saturated rings. The van der Waals surface area contributed by atoms with Gasteiger partial charge in [-0.3, -0.25) is 0 Å². The Bertz CT molecular complexity index is 432. The van der Waals surface area contributed by atoms with Crippen molar-refractivity contribution in [3.05, 3.63) is 23.4 Å². The molecule has 0 unspecified atom stereocenters. The van der Waals surface area contributed by atoms with Crippen LogP contribution < -0.4 is 10.0 Å². The molecule has 17 heavy (non-hydrogen) atoms. The fourth-order valence-electron chi connectivity index (χ4n) is 1.74. The molecule has 96 valence electrons. The van der Waals surface area contributed by atoms with Crippen molar-refractivity contribution >= 4 is 16.7 Å². The number of nitrogens with two attached hydrogens (primary N) is 1. The lowest BCUT2D eigenvalue weighted by molar-refractivity contribution is 0.616. The van der Waals surface area contributed by atoms with Crippen LogP contribution in [-0.2, 0) is 10.9 Å². The van der Waals surface area contributed by atoms with Crippen molar-refractivity contribution in [3.63, 3.8) is 0 Å². The van der Waals surface area contributed by atoms with E-state index in [0.717, 1.165) is 11.5 Å². The van der Waals surface area contributed by atoms with Crippen molar-refractivity contribution in [2.75, 3.05) is 18.0 Å². The Morgan fingerprint density at radius 1 is 1.24 bits per heavy atom. The van der Waals surface area contributed by atoms with Gasteiger partial charge in [0.1, 0.15) is 5.82 Å². The molecule has 1 aliphatic rings. The van der Waals surface area contributed by atoms with E-state index in [1.807, 2.05) is 0 Å². The smallest absolute Gasteiger partial charge is 0.198 e. The predicted molar refractivity (Wildman–Crippen MR) is 69.7 cm³/mol. The van der Waals surface area contributed by atoms with Crippen LogP contribution in [0.1, 0.15) is 24.1 Å². The standard InChI is InChI=1S/C11H16N2.H3NO2S/c1-9-5-6-11(12-10(9)2)13-7-3-4-8-13;1-4(2)3/h5-6H,3-4,7-8H2,1-2H3;4H,(H2,1,2,3). The van der Waals surface area contributed by atoms with E-state index in [2.05, 4.69) is 41.0 Å². The number of aromatic nitrogens is 1. The number of nitrogens with zero attached hydrogens (tertiary/aromatic N) is 2. The molecule has 0 atom stereocenters. The molecule has 2 heterocycles. The molecule has 1 aliphatic heterocycles. The van der Waals surface area contributed by atoms with Crippen molar-refractivity contribution < 1.29 is 8.42 Å². The highest BCUT2D eigenvalue weighted by Crippen LogP contribution is 2.18. The zero-order chi connectivity index (χ0) is 12.8. The minimum absolute atomic E-state index is 1.15. The topological polar surface area (TPSA) is 76.3 Å². The van der Waals surface area contributed by atoms with Crippen LogP contribution in [-0.4, -0.2) is 26.5 Å². The Hall–Kier alpha value is -1.14. The first-order valence-electron chi connectivity index (χ1n) is 5.59. The van der Waals surface area contributed by atoms with E-state index < -0.39 is 10.9 Å². The van der Waals surface area contributed by atoms with Crippen LogP contribution >= 0.6 is 0 Å². The lowest BCUT2D eigenvalue weighted by atomic mass is 10.2. The first-order valence-corrected chi connectivity index (χ1v) is 6.83. The van der Waals surface area contributed by atoms with Crippen molar-refractivity contribution in [1.82, 2.24) is 4.98 Å². The number of hydrogen-bond acceptors (Lipinski definition) is 4. The van der Waals surface area contributed by atoms with Gasteiger partial charge in [-0.1, -0.05) is 6.07 Å². The molecule has 0 bridgehead atoms. The molecule has 1 saturated heterocycles. The molecule has 0 saturated carbocycles. The molecule has 2 rings (SSSR count). The third kappa shape index (κ3) is 4.70. The molecule has 0 aromatic carbocycles. The minimum atomic E-state index is -2.62. The highest BCUT2D eigenvalue weighted by Gasteiger charge is 2.13. The van der Waals surface area contributed by atoms with Gasteiger partial charge in [-0.2, -0.15) is 0 Å². The molecule has 0 spiro atoms. The molecule has 2 N–H and O–H groups in total. The summed E-state index contributed by atoms with van der Waals surface area (Å²) in [7, 11) is -2.62. The molecular formula is C11H19N3O2S. The third-order valence-corrected chi connectivity index (χ3v) is 2.77. The van der Waals surface area contributed by atoms with E-state index in [4.69, 9.17) is 8.42 Å². The minimum Gasteiger partial charge on any atom is -0.357 e. The maximum atomic E-state index is 8.81. The molecule has 0 aliphatic carbocycles. The van der Waals surface area contributed by atoms with Crippen molar-refractivity contribution in [2.24, 2.45) is 5.14 Å². The highest BCUT2D eigenvalue weighted by atomic mass is 32.2. The summed E-state index contributed by atoms with van der Waals surface area (Å²) >= 11 is 0. The van der Waals surface area contributed by atoms with E-state index in [1.54, 1.807) is 0 Å². The number of hydrogen-bond donors (Lipinski definition) is 2. The van der Waals surface area contributed by atoms with Crippen LogP contribution in [0.25, 0.3) is 0 Å². The first kappa shape index (κ1) is 13.9. The number of anilines is 1. The van der Waals surface area contributed by atoms with E-state index >= 15 is 0 Å². The normalized spacial score (nSPS) is 14.7. The summed E-state index contributed by atoms with van der Waals surface area (Å²) in [5.41, 5.74) is 2.44. The number of thiol groups is 1. The third-order valence-electron chi connectivity index (χ3n) is 2.77. The van der Waals surface area contributed by atoms with Gasteiger partial charge >= 0.3 is 0 Å². The quantitative estimate of drug-likeness (QED) is 0.729. The Kier molecular flexibility index (Phi) is 5.37. The molecule has 0 amide bonds. The molecule has 6 heteroatoms. The zero-order valence-corrected chi connectivity index (χ0v) is 11.1. The van der Waals surface area contributed by atoms with Gasteiger partial charge in [0.2, 0.25) is 0 Å². The van der Waals surface area contributed by atoms with E-state index in [1.165, 1.54) is 31.5 Å². The number of aryl methyl sites for hydroxylation is 2. The van der Waals surface area contributed by atoms with E-state index in [0.29, 0.717) is 0 Å². The van der Waals surface area contributed by atoms with Crippen molar-refractivity contribution in [2.45, 2.75) is 26.7 Å². The zero-order valence-electron chi connectivity index (χ0n) is 10.2.